The van der Waals surface area contributed by atoms with Crippen molar-refractivity contribution in [2.45, 2.75) is 25.7 Å². The number of anilines is 3. The lowest BCUT2D eigenvalue weighted by molar-refractivity contribution is -0.114. The highest BCUT2D eigenvalue weighted by Crippen LogP contribution is 2.39. The number of benzene rings is 1. The number of hydrogen-bond donors (Lipinski definition) is 2. The van der Waals surface area contributed by atoms with Gasteiger partial charge in [-0.1, -0.05) is 11.6 Å². The fourth-order valence-corrected chi connectivity index (χ4v) is 2.43. The molecular formula is C16H17ClN4O2. The lowest BCUT2D eigenvalue weighted by Gasteiger charge is -2.12. The molecule has 0 atom stereocenters. The summed E-state index contributed by atoms with van der Waals surface area (Å²) in [7, 11) is 1.56. The number of methoxy groups -OCH3 is 1. The molecule has 3 rings (SSSR count). The summed E-state index contributed by atoms with van der Waals surface area (Å²) in [6, 6.07) is 7.08. The van der Waals surface area contributed by atoms with Gasteiger partial charge in [0.2, 0.25) is 5.91 Å². The Bertz CT molecular complexity index is 747. The smallest absolute Gasteiger partial charge is 0.221 e. The molecule has 1 aromatic carbocycles. The molecule has 1 aromatic heterocycles. The summed E-state index contributed by atoms with van der Waals surface area (Å²) in [6.07, 6.45) is 2.21. The molecule has 2 aromatic rings. The molecular weight excluding hydrogens is 316 g/mol. The fraction of sp³-hybridized carbons (Fsp3) is 0.312. The fourth-order valence-electron chi connectivity index (χ4n) is 2.24. The number of aromatic nitrogens is 2. The molecule has 1 amide bonds. The number of halogens is 1. The first kappa shape index (κ1) is 15.6. The number of ether oxygens (including phenoxy) is 1. The third kappa shape index (κ3) is 3.90. The number of nitrogens with one attached hydrogen (secondary N) is 2. The molecule has 7 heteroatoms. The molecule has 1 aliphatic rings. The van der Waals surface area contributed by atoms with Crippen LogP contribution in [0.15, 0.2) is 24.3 Å². The Kier molecular flexibility index (Phi) is 4.34. The maximum absolute atomic E-state index is 11.3. The van der Waals surface area contributed by atoms with Crippen LogP contribution in [-0.2, 0) is 4.79 Å². The van der Waals surface area contributed by atoms with Gasteiger partial charge in [-0.3, -0.25) is 4.79 Å². The standard InChI is InChI=1S/C16H17ClN4O2/c1-9(22)18-12-7-11(5-6-13(12)23-2)19-15-8-14(17)20-16(21-15)10-3-4-10/h5-8,10H,3-4H2,1-2H3,(H,18,22)(H,19,20,21). The van der Waals surface area contributed by atoms with Crippen LogP contribution in [0.2, 0.25) is 5.15 Å². The predicted octanol–water partition coefficient (Wildman–Crippen LogP) is 3.72. The van der Waals surface area contributed by atoms with Gasteiger partial charge in [0.15, 0.2) is 0 Å². The topological polar surface area (TPSA) is 76.1 Å². The van der Waals surface area contributed by atoms with Gasteiger partial charge in [0.25, 0.3) is 0 Å². The van der Waals surface area contributed by atoms with Gasteiger partial charge in [-0.15, -0.1) is 0 Å². The van der Waals surface area contributed by atoms with E-state index in [9.17, 15) is 4.79 Å². The maximum Gasteiger partial charge on any atom is 0.221 e. The first-order chi connectivity index (χ1) is 11.0. The minimum Gasteiger partial charge on any atom is -0.495 e. The summed E-state index contributed by atoms with van der Waals surface area (Å²) in [6.45, 7) is 1.45. The number of carbonyl (C=O) groups excluding carboxylic acids is 1. The van der Waals surface area contributed by atoms with E-state index in [-0.39, 0.29) is 5.91 Å². The third-order valence-corrected chi connectivity index (χ3v) is 3.63. The van der Waals surface area contributed by atoms with E-state index < -0.39 is 0 Å². The number of amides is 1. The second-order valence-electron chi connectivity index (χ2n) is 5.43. The van der Waals surface area contributed by atoms with Gasteiger partial charge in [0, 0.05) is 24.6 Å². The Labute approximate surface area is 139 Å². The Morgan fingerprint density at radius 3 is 2.74 bits per heavy atom. The second-order valence-corrected chi connectivity index (χ2v) is 5.82. The second kappa shape index (κ2) is 6.42. The molecule has 1 fully saturated rings. The van der Waals surface area contributed by atoms with Gasteiger partial charge in [0.1, 0.15) is 22.5 Å². The normalized spacial score (nSPS) is 13.5. The van der Waals surface area contributed by atoms with Crippen LogP contribution >= 0.6 is 11.6 Å². The van der Waals surface area contributed by atoms with E-state index >= 15 is 0 Å². The van der Waals surface area contributed by atoms with E-state index in [1.54, 1.807) is 25.3 Å². The molecule has 2 N–H and O–H groups in total. The lowest BCUT2D eigenvalue weighted by atomic mass is 10.2. The van der Waals surface area contributed by atoms with Crippen molar-refractivity contribution >= 4 is 34.7 Å². The van der Waals surface area contributed by atoms with Crippen molar-refractivity contribution in [2.75, 3.05) is 17.7 Å². The average molecular weight is 333 g/mol. The monoisotopic (exact) mass is 332 g/mol. The van der Waals surface area contributed by atoms with E-state index in [0.717, 1.165) is 24.4 Å². The van der Waals surface area contributed by atoms with Crippen molar-refractivity contribution in [3.05, 3.63) is 35.2 Å². The molecule has 0 aliphatic heterocycles. The van der Waals surface area contributed by atoms with Crippen molar-refractivity contribution in [3.63, 3.8) is 0 Å². The molecule has 1 heterocycles. The van der Waals surface area contributed by atoms with Crippen molar-refractivity contribution in [1.29, 1.82) is 0 Å². The lowest BCUT2D eigenvalue weighted by Crippen LogP contribution is -2.07. The van der Waals surface area contributed by atoms with Gasteiger partial charge in [-0.2, -0.15) is 0 Å². The highest BCUT2D eigenvalue weighted by atomic mass is 35.5. The Morgan fingerprint density at radius 1 is 1.30 bits per heavy atom. The Balaban J connectivity index is 1.86. The summed E-state index contributed by atoms with van der Waals surface area (Å²) in [4.78, 5) is 20.1. The van der Waals surface area contributed by atoms with E-state index in [4.69, 9.17) is 16.3 Å². The van der Waals surface area contributed by atoms with Crippen LogP contribution in [0.5, 0.6) is 5.75 Å². The first-order valence-electron chi connectivity index (χ1n) is 7.32. The zero-order valence-electron chi connectivity index (χ0n) is 12.9. The summed E-state index contributed by atoms with van der Waals surface area (Å²) in [5.41, 5.74) is 1.36. The number of nitrogens with zero attached hydrogens (tertiary/aromatic N) is 2. The molecule has 1 saturated carbocycles. The van der Waals surface area contributed by atoms with Crippen molar-refractivity contribution in [1.82, 2.24) is 9.97 Å². The SMILES string of the molecule is COc1ccc(Nc2cc(Cl)nc(C3CC3)n2)cc1NC(C)=O. The molecule has 23 heavy (non-hydrogen) atoms. The molecule has 0 spiro atoms. The summed E-state index contributed by atoms with van der Waals surface area (Å²) >= 11 is 6.07. The number of rotatable bonds is 5. The van der Waals surface area contributed by atoms with Gasteiger partial charge >= 0.3 is 0 Å². The maximum atomic E-state index is 11.3. The number of carbonyl (C=O) groups is 1. The third-order valence-electron chi connectivity index (χ3n) is 3.44. The zero-order chi connectivity index (χ0) is 16.4. The van der Waals surface area contributed by atoms with Crippen LogP contribution < -0.4 is 15.4 Å². The van der Waals surface area contributed by atoms with Crippen LogP contribution in [0.1, 0.15) is 31.5 Å². The minimum atomic E-state index is -0.165. The molecule has 0 unspecified atom stereocenters. The van der Waals surface area contributed by atoms with E-state index in [0.29, 0.717) is 28.3 Å². The Morgan fingerprint density at radius 2 is 2.09 bits per heavy atom. The molecule has 0 saturated heterocycles. The number of hydrogen-bond acceptors (Lipinski definition) is 5. The summed E-state index contributed by atoms with van der Waals surface area (Å²) in [5, 5.41) is 6.35. The molecule has 6 nitrogen and oxygen atoms in total. The molecule has 0 radical (unpaired) electrons. The van der Waals surface area contributed by atoms with Crippen molar-refractivity contribution in [2.24, 2.45) is 0 Å². The van der Waals surface area contributed by atoms with Gasteiger partial charge in [-0.25, -0.2) is 9.97 Å². The predicted molar refractivity (Wildman–Crippen MR) is 89.6 cm³/mol. The minimum absolute atomic E-state index is 0.165. The average Bonchev–Trinajstić information content (AvgIpc) is 3.31. The zero-order valence-corrected chi connectivity index (χ0v) is 13.6. The highest BCUT2D eigenvalue weighted by molar-refractivity contribution is 6.29. The largest absolute Gasteiger partial charge is 0.495 e. The van der Waals surface area contributed by atoms with Crippen molar-refractivity contribution < 1.29 is 9.53 Å². The van der Waals surface area contributed by atoms with E-state index in [2.05, 4.69) is 20.6 Å². The van der Waals surface area contributed by atoms with Crippen LogP contribution in [0, 0.1) is 0 Å². The van der Waals surface area contributed by atoms with Gasteiger partial charge in [0.05, 0.1) is 12.8 Å². The molecule has 1 aliphatic carbocycles. The quantitative estimate of drug-likeness (QED) is 0.816. The molecule has 0 bridgehead atoms. The van der Waals surface area contributed by atoms with Crippen LogP contribution in [0.3, 0.4) is 0 Å². The highest BCUT2D eigenvalue weighted by Gasteiger charge is 2.27. The summed E-state index contributed by atoms with van der Waals surface area (Å²) in [5.74, 6) is 2.24. The van der Waals surface area contributed by atoms with Crippen molar-refractivity contribution in [3.8, 4) is 5.75 Å². The Hall–Kier alpha value is -2.34. The van der Waals surface area contributed by atoms with E-state index in [1.165, 1.54) is 6.92 Å². The van der Waals surface area contributed by atoms with Crippen LogP contribution in [0.4, 0.5) is 17.2 Å². The van der Waals surface area contributed by atoms with Gasteiger partial charge < -0.3 is 15.4 Å². The first-order valence-corrected chi connectivity index (χ1v) is 7.70. The van der Waals surface area contributed by atoms with Crippen LogP contribution in [-0.4, -0.2) is 23.0 Å². The van der Waals surface area contributed by atoms with Crippen LogP contribution in [0.25, 0.3) is 0 Å². The van der Waals surface area contributed by atoms with Gasteiger partial charge in [-0.05, 0) is 31.0 Å². The summed E-state index contributed by atoms with van der Waals surface area (Å²) < 4.78 is 5.24. The van der Waals surface area contributed by atoms with E-state index in [1.807, 2.05) is 6.07 Å². The molecule has 120 valence electrons.